The van der Waals surface area contributed by atoms with Gasteiger partial charge in [-0.25, -0.2) is 4.98 Å². The molecule has 108 valence electrons. The van der Waals surface area contributed by atoms with Crippen molar-refractivity contribution in [2.75, 3.05) is 0 Å². The lowest BCUT2D eigenvalue weighted by Crippen LogP contribution is -1.95. The van der Waals surface area contributed by atoms with E-state index in [2.05, 4.69) is 4.98 Å². The number of ether oxygens (including phenoxy) is 1. The number of aromatic hydroxyl groups is 1. The molecule has 2 heterocycles. The Hall–Kier alpha value is -3.01. The maximum atomic E-state index is 10.1. The van der Waals surface area contributed by atoms with Crippen LogP contribution in [0.25, 0.3) is 16.7 Å². The number of imidazole rings is 1. The summed E-state index contributed by atoms with van der Waals surface area (Å²) in [7, 11) is 0. The fraction of sp³-hybridized carbons (Fsp3) is 0.0556. The second-order valence-electron chi connectivity index (χ2n) is 5.12. The first kappa shape index (κ1) is 12.7. The minimum Gasteiger partial charge on any atom is -0.504 e. The van der Waals surface area contributed by atoms with Gasteiger partial charge in [-0.3, -0.25) is 4.40 Å². The molecule has 4 aromatic rings. The number of rotatable bonds is 3. The predicted octanol–water partition coefficient (Wildman–Crippen LogP) is 3.77. The smallest absolute Gasteiger partial charge is 0.163 e. The van der Waals surface area contributed by atoms with Gasteiger partial charge >= 0.3 is 0 Å². The molecule has 0 fully saturated rings. The van der Waals surface area contributed by atoms with Crippen LogP contribution in [0.3, 0.4) is 0 Å². The highest BCUT2D eigenvalue weighted by atomic mass is 16.5. The SMILES string of the molecule is Oc1cc2nc3ccccn3c2cc1OCc1ccccc1. The number of phenolic OH excluding ortho intramolecular Hbond substituents is 1. The van der Waals surface area contributed by atoms with Gasteiger partial charge in [0, 0.05) is 18.3 Å². The number of benzene rings is 2. The van der Waals surface area contributed by atoms with E-state index in [9.17, 15) is 5.11 Å². The summed E-state index contributed by atoms with van der Waals surface area (Å²) >= 11 is 0. The van der Waals surface area contributed by atoms with Crippen LogP contribution < -0.4 is 4.74 Å². The van der Waals surface area contributed by atoms with E-state index in [1.165, 1.54) is 0 Å². The van der Waals surface area contributed by atoms with Crippen molar-refractivity contribution in [3.63, 3.8) is 0 Å². The molecule has 0 amide bonds. The summed E-state index contributed by atoms with van der Waals surface area (Å²) in [6, 6.07) is 19.2. The third-order valence-corrected chi connectivity index (χ3v) is 3.63. The van der Waals surface area contributed by atoms with Crippen LogP contribution in [0, 0.1) is 0 Å². The van der Waals surface area contributed by atoms with E-state index in [0.717, 1.165) is 22.2 Å². The number of aromatic nitrogens is 2. The minimum atomic E-state index is 0.104. The van der Waals surface area contributed by atoms with Gasteiger partial charge < -0.3 is 9.84 Å². The molecular weight excluding hydrogens is 276 g/mol. The molecule has 1 N–H and O–H groups in total. The number of phenols is 1. The molecule has 0 spiro atoms. The van der Waals surface area contributed by atoms with E-state index in [0.29, 0.717) is 12.4 Å². The van der Waals surface area contributed by atoms with Crippen LogP contribution in [0.4, 0.5) is 0 Å². The molecule has 0 saturated heterocycles. The summed E-state index contributed by atoms with van der Waals surface area (Å²) in [4.78, 5) is 4.48. The Kier molecular flexibility index (Phi) is 2.93. The second kappa shape index (κ2) is 5.07. The fourth-order valence-corrected chi connectivity index (χ4v) is 2.53. The lowest BCUT2D eigenvalue weighted by molar-refractivity contribution is 0.289. The van der Waals surface area contributed by atoms with Gasteiger partial charge in [-0.15, -0.1) is 0 Å². The van der Waals surface area contributed by atoms with Crippen molar-refractivity contribution in [1.29, 1.82) is 0 Å². The molecule has 2 aromatic carbocycles. The zero-order valence-electron chi connectivity index (χ0n) is 11.8. The molecule has 0 saturated carbocycles. The Morgan fingerprint density at radius 2 is 1.82 bits per heavy atom. The highest BCUT2D eigenvalue weighted by Gasteiger charge is 2.10. The standard InChI is InChI=1S/C18H14N2O2/c21-16-10-14-15(20-9-5-4-8-18(20)19-14)11-17(16)22-12-13-6-2-1-3-7-13/h1-11,21H,12H2. The van der Waals surface area contributed by atoms with Crippen molar-refractivity contribution in [3.8, 4) is 11.5 Å². The molecule has 4 nitrogen and oxygen atoms in total. The van der Waals surface area contributed by atoms with Crippen LogP contribution in [-0.4, -0.2) is 14.5 Å². The summed E-state index contributed by atoms with van der Waals surface area (Å²) in [6.45, 7) is 0.413. The van der Waals surface area contributed by atoms with Crippen LogP contribution in [0.1, 0.15) is 5.56 Å². The zero-order valence-corrected chi connectivity index (χ0v) is 11.8. The van der Waals surface area contributed by atoms with E-state index in [-0.39, 0.29) is 5.75 Å². The molecule has 0 aliphatic carbocycles. The molecule has 0 aliphatic rings. The van der Waals surface area contributed by atoms with Gasteiger partial charge in [-0.2, -0.15) is 0 Å². The van der Waals surface area contributed by atoms with E-state index in [1.54, 1.807) is 6.07 Å². The number of nitrogens with zero attached hydrogens (tertiary/aromatic N) is 2. The lowest BCUT2D eigenvalue weighted by atomic mass is 10.2. The summed E-state index contributed by atoms with van der Waals surface area (Å²) in [5.41, 5.74) is 3.56. The van der Waals surface area contributed by atoms with Crippen molar-refractivity contribution in [1.82, 2.24) is 9.38 Å². The summed E-state index contributed by atoms with van der Waals surface area (Å²) in [5.74, 6) is 0.564. The average Bonchev–Trinajstić information content (AvgIpc) is 2.91. The number of hydrogen-bond acceptors (Lipinski definition) is 3. The number of hydrogen-bond donors (Lipinski definition) is 1. The van der Waals surface area contributed by atoms with Crippen molar-refractivity contribution in [2.24, 2.45) is 0 Å². The van der Waals surface area contributed by atoms with E-state index < -0.39 is 0 Å². The van der Waals surface area contributed by atoms with E-state index in [1.807, 2.05) is 65.2 Å². The minimum absolute atomic E-state index is 0.104. The van der Waals surface area contributed by atoms with Gasteiger partial charge in [-0.1, -0.05) is 36.4 Å². The van der Waals surface area contributed by atoms with Crippen LogP contribution in [0.15, 0.2) is 66.9 Å². The molecule has 0 radical (unpaired) electrons. The molecule has 0 aliphatic heterocycles. The Labute approximate surface area is 127 Å². The Morgan fingerprint density at radius 3 is 2.68 bits per heavy atom. The highest BCUT2D eigenvalue weighted by molar-refractivity contribution is 5.83. The monoisotopic (exact) mass is 290 g/mol. The van der Waals surface area contributed by atoms with Gasteiger partial charge in [0.15, 0.2) is 11.5 Å². The van der Waals surface area contributed by atoms with Crippen molar-refractivity contribution >= 4 is 16.7 Å². The maximum absolute atomic E-state index is 10.1. The summed E-state index contributed by atoms with van der Waals surface area (Å²) in [6.07, 6.45) is 1.95. The van der Waals surface area contributed by atoms with E-state index >= 15 is 0 Å². The number of fused-ring (bicyclic) bond motifs is 3. The molecular formula is C18H14N2O2. The van der Waals surface area contributed by atoms with Crippen LogP contribution in [0.2, 0.25) is 0 Å². The number of pyridine rings is 1. The molecule has 2 aromatic heterocycles. The quantitative estimate of drug-likeness (QED) is 0.624. The Balaban J connectivity index is 1.74. The van der Waals surface area contributed by atoms with Crippen LogP contribution >= 0.6 is 0 Å². The van der Waals surface area contributed by atoms with Crippen molar-refractivity contribution < 1.29 is 9.84 Å². The van der Waals surface area contributed by atoms with Gasteiger partial charge in [0.2, 0.25) is 0 Å². The summed E-state index contributed by atoms with van der Waals surface area (Å²) < 4.78 is 7.73. The first-order chi connectivity index (χ1) is 10.8. The Bertz CT molecular complexity index is 945. The molecule has 0 atom stereocenters. The second-order valence-corrected chi connectivity index (χ2v) is 5.12. The molecule has 4 rings (SSSR count). The van der Waals surface area contributed by atoms with Crippen molar-refractivity contribution in [2.45, 2.75) is 6.61 Å². The first-order valence-electron chi connectivity index (χ1n) is 7.08. The lowest BCUT2D eigenvalue weighted by Gasteiger charge is -2.08. The summed E-state index contributed by atoms with van der Waals surface area (Å²) in [5, 5.41) is 10.1. The van der Waals surface area contributed by atoms with E-state index in [4.69, 9.17) is 4.74 Å². The van der Waals surface area contributed by atoms with Gasteiger partial charge in [0.05, 0.1) is 11.0 Å². The largest absolute Gasteiger partial charge is 0.504 e. The maximum Gasteiger partial charge on any atom is 0.163 e. The third kappa shape index (κ3) is 2.15. The zero-order chi connectivity index (χ0) is 14.9. The van der Waals surface area contributed by atoms with Crippen molar-refractivity contribution in [3.05, 3.63) is 72.4 Å². The van der Waals surface area contributed by atoms with Gasteiger partial charge in [-0.05, 0) is 17.7 Å². The van der Waals surface area contributed by atoms with Crippen LogP contribution in [-0.2, 0) is 6.61 Å². The normalized spacial score (nSPS) is 11.1. The van der Waals surface area contributed by atoms with Gasteiger partial charge in [0.1, 0.15) is 12.3 Å². The van der Waals surface area contributed by atoms with Crippen LogP contribution in [0.5, 0.6) is 11.5 Å². The molecule has 4 heteroatoms. The topological polar surface area (TPSA) is 46.8 Å². The third-order valence-electron chi connectivity index (χ3n) is 3.63. The molecule has 22 heavy (non-hydrogen) atoms. The first-order valence-corrected chi connectivity index (χ1v) is 7.08. The average molecular weight is 290 g/mol. The predicted molar refractivity (Wildman–Crippen MR) is 85.1 cm³/mol. The Morgan fingerprint density at radius 1 is 1.00 bits per heavy atom. The highest BCUT2D eigenvalue weighted by Crippen LogP contribution is 2.32. The molecule has 0 bridgehead atoms. The van der Waals surface area contributed by atoms with Gasteiger partial charge in [0.25, 0.3) is 0 Å². The molecule has 0 unspecified atom stereocenters. The fourth-order valence-electron chi connectivity index (χ4n) is 2.53.